The maximum atomic E-state index is 11.7. The summed E-state index contributed by atoms with van der Waals surface area (Å²) in [5, 5.41) is 9.32. The van der Waals surface area contributed by atoms with Gasteiger partial charge >= 0.3 is 5.97 Å². The first-order valence-corrected chi connectivity index (χ1v) is 12.0. The van der Waals surface area contributed by atoms with E-state index >= 15 is 0 Å². The minimum Gasteiger partial charge on any atom is -0.355 e. The second-order valence-corrected chi connectivity index (χ2v) is 9.94. The lowest BCUT2D eigenvalue weighted by molar-refractivity contribution is -0.197. The van der Waals surface area contributed by atoms with Crippen LogP contribution in [0.5, 0.6) is 0 Å². The van der Waals surface area contributed by atoms with Gasteiger partial charge in [-0.15, -0.1) is 5.06 Å². The topological polar surface area (TPSA) is 155 Å². The molecule has 2 atom stereocenters. The molecule has 2 aliphatic heterocycles. The molecule has 1 saturated heterocycles. The summed E-state index contributed by atoms with van der Waals surface area (Å²) in [6, 6.07) is 0. The van der Waals surface area contributed by atoms with Crippen LogP contribution in [0.2, 0.25) is 0 Å². The van der Waals surface area contributed by atoms with Crippen LogP contribution in [0.3, 0.4) is 0 Å². The first-order valence-electron chi connectivity index (χ1n) is 8.34. The van der Waals surface area contributed by atoms with Gasteiger partial charge in [-0.1, -0.05) is 21.6 Å². The average molecular weight is 453 g/mol. The van der Waals surface area contributed by atoms with E-state index in [-0.39, 0.29) is 23.1 Å². The van der Waals surface area contributed by atoms with Gasteiger partial charge in [0.25, 0.3) is 11.8 Å². The monoisotopic (exact) mass is 452 g/mol. The molecule has 3 amide bonds. The minimum atomic E-state index is -2.49. The molecule has 14 heteroatoms. The molecular formula is C14H20N4O7S3. The normalized spacial score (nSPS) is 20.9. The molecule has 0 bridgehead atoms. The lowest BCUT2D eigenvalue weighted by atomic mass is 10.1. The molecule has 0 aromatic carbocycles. The molecule has 156 valence electrons. The highest BCUT2D eigenvalue weighted by Gasteiger charge is 2.45. The van der Waals surface area contributed by atoms with Crippen molar-refractivity contribution in [3.63, 3.8) is 0 Å². The molecule has 0 spiro atoms. The molecule has 0 saturated carbocycles. The molecule has 28 heavy (non-hydrogen) atoms. The highest BCUT2D eigenvalue weighted by Crippen LogP contribution is 2.31. The Labute approximate surface area is 171 Å². The molecule has 1 fully saturated rings. The van der Waals surface area contributed by atoms with Crippen molar-refractivity contribution in [2.75, 3.05) is 18.1 Å². The molecule has 2 N–H and O–H groups in total. The van der Waals surface area contributed by atoms with Crippen molar-refractivity contribution in [1.82, 2.24) is 10.4 Å². The molecule has 11 nitrogen and oxygen atoms in total. The Morgan fingerprint density at radius 3 is 2.61 bits per heavy atom. The van der Waals surface area contributed by atoms with Gasteiger partial charge in [-0.05, 0) is 6.92 Å². The summed E-state index contributed by atoms with van der Waals surface area (Å²) in [6.45, 7) is 2.35. The van der Waals surface area contributed by atoms with Crippen molar-refractivity contribution >= 4 is 56.4 Å². The van der Waals surface area contributed by atoms with E-state index in [9.17, 15) is 23.4 Å². The SMILES string of the molecule is CC1(CCC(=O)NCCSSCCC(=O)ON2C(=O)CC(S(=O)O)C2=O)N=N1. The highest BCUT2D eigenvalue weighted by molar-refractivity contribution is 8.76. The lowest BCUT2D eigenvalue weighted by Gasteiger charge is -2.12. The molecule has 0 aromatic rings. The summed E-state index contributed by atoms with van der Waals surface area (Å²) in [7, 11) is 2.84. The molecule has 2 aliphatic rings. The fourth-order valence-electron chi connectivity index (χ4n) is 2.08. The first kappa shape index (κ1) is 22.8. The fraction of sp³-hybridized carbons (Fsp3) is 0.714. The van der Waals surface area contributed by atoms with Crippen molar-refractivity contribution in [1.29, 1.82) is 0 Å². The smallest absolute Gasteiger partial charge is 0.334 e. The number of hydrogen-bond acceptors (Lipinski definition) is 10. The van der Waals surface area contributed by atoms with Crippen LogP contribution in [0.25, 0.3) is 0 Å². The van der Waals surface area contributed by atoms with Crippen LogP contribution >= 0.6 is 21.6 Å². The fourth-order valence-corrected chi connectivity index (χ4v) is 4.51. The molecule has 0 aromatic heterocycles. The Hall–Kier alpha value is -1.51. The summed E-state index contributed by atoms with van der Waals surface area (Å²) >= 11 is -2.49. The van der Waals surface area contributed by atoms with Crippen molar-refractivity contribution < 1.29 is 32.8 Å². The van der Waals surface area contributed by atoms with Gasteiger partial charge in [0.2, 0.25) is 5.91 Å². The third-order valence-electron chi connectivity index (χ3n) is 3.75. The van der Waals surface area contributed by atoms with Gasteiger partial charge in [0.1, 0.15) is 0 Å². The zero-order valence-corrected chi connectivity index (χ0v) is 17.4. The summed E-state index contributed by atoms with van der Waals surface area (Å²) in [5.41, 5.74) is -0.378. The van der Waals surface area contributed by atoms with E-state index in [4.69, 9.17) is 4.55 Å². The van der Waals surface area contributed by atoms with E-state index < -0.39 is 40.5 Å². The third kappa shape index (κ3) is 7.14. The molecular weight excluding hydrogens is 432 g/mol. The molecule has 0 radical (unpaired) electrons. The summed E-state index contributed by atoms with van der Waals surface area (Å²) in [4.78, 5) is 51.3. The van der Waals surface area contributed by atoms with E-state index in [0.29, 0.717) is 30.9 Å². The van der Waals surface area contributed by atoms with Gasteiger partial charge in [0.05, 0.1) is 12.8 Å². The predicted molar refractivity (Wildman–Crippen MR) is 102 cm³/mol. The zero-order valence-electron chi connectivity index (χ0n) is 15.0. The lowest BCUT2D eigenvalue weighted by Crippen LogP contribution is -2.35. The second-order valence-electron chi connectivity index (χ2n) is 6.12. The first-order chi connectivity index (χ1) is 13.2. The summed E-state index contributed by atoms with van der Waals surface area (Å²) in [5.74, 6) is -1.63. The van der Waals surface area contributed by atoms with Crippen molar-refractivity contribution in [2.45, 2.75) is 43.5 Å². The van der Waals surface area contributed by atoms with Crippen LogP contribution in [-0.4, -0.2) is 66.5 Å². The Bertz CT molecular complexity index is 696. The Morgan fingerprint density at radius 2 is 2.00 bits per heavy atom. The van der Waals surface area contributed by atoms with Crippen LogP contribution in [0.15, 0.2) is 10.2 Å². The van der Waals surface area contributed by atoms with Crippen LogP contribution in [0.4, 0.5) is 0 Å². The van der Waals surface area contributed by atoms with Crippen LogP contribution in [-0.2, 0) is 35.1 Å². The Kier molecular flexibility index (Phi) is 8.39. The average Bonchev–Trinajstić information content (AvgIpc) is 3.31. The third-order valence-corrected chi connectivity index (χ3v) is 7.01. The highest BCUT2D eigenvalue weighted by atomic mass is 33.1. The summed E-state index contributed by atoms with van der Waals surface area (Å²) < 4.78 is 19.9. The molecule has 2 unspecified atom stereocenters. The second kappa shape index (κ2) is 10.3. The van der Waals surface area contributed by atoms with E-state index in [1.165, 1.54) is 21.6 Å². The number of carbonyl (C=O) groups is 4. The van der Waals surface area contributed by atoms with Crippen LogP contribution in [0.1, 0.15) is 32.6 Å². The standard InChI is InChI=1S/C14H20N4O7S3/c1-14(16-17-14)4-2-10(19)15-5-7-27-26-6-3-12(21)25-18-11(20)8-9(13(18)22)28(23)24/h9H,2-8H2,1H3,(H,15,19)(H,23,24). The van der Waals surface area contributed by atoms with Crippen LogP contribution < -0.4 is 5.32 Å². The van der Waals surface area contributed by atoms with Gasteiger partial charge in [-0.25, -0.2) is 9.00 Å². The quantitative estimate of drug-likeness (QED) is 0.188. The predicted octanol–water partition coefficient (Wildman–Crippen LogP) is 0.644. The van der Waals surface area contributed by atoms with Crippen LogP contribution in [0, 0.1) is 0 Å². The Balaban J connectivity index is 1.49. The van der Waals surface area contributed by atoms with Gasteiger partial charge in [0.15, 0.2) is 22.0 Å². The van der Waals surface area contributed by atoms with E-state index in [1.54, 1.807) is 0 Å². The number of hydroxylamine groups is 2. The molecule has 2 rings (SSSR count). The van der Waals surface area contributed by atoms with Gasteiger partial charge in [-0.2, -0.15) is 10.2 Å². The van der Waals surface area contributed by atoms with Crippen molar-refractivity contribution in [2.24, 2.45) is 10.2 Å². The van der Waals surface area contributed by atoms with E-state index in [2.05, 4.69) is 20.4 Å². The number of carbonyl (C=O) groups excluding carboxylic acids is 4. The van der Waals surface area contributed by atoms with Gasteiger partial charge in [0, 0.05) is 30.9 Å². The number of amides is 3. The number of imide groups is 1. The van der Waals surface area contributed by atoms with E-state index in [1.807, 2.05) is 6.92 Å². The van der Waals surface area contributed by atoms with Crippen molar-refractivity contribution in [3.05, 3.63) is 0 Å². The molecule has 0 aliphatic carbocycles. The van der Waals surface area contributed by atoms with Crippen molar-refractivity contribution in [3.8, 4) is 0 Å². The van der Waals surface area contributed by atoms with E-state index in [0.717, 1.165) is 0 Å². The minimum absolute atomic E-state index is 0.0421. The summed E-state index contributed by atoms with van der Waals surface area (Å²) in [6.07, 6.45) is 0.458. The maximum absolute atomic E-state index is 11.7. The number of rotatable bonds is 12. The molecule has 2 heterocycles. The van der Waals surface area contributed by atoms with Gasteiger partial charge < -0.3 is 14.7 Å². The largest absolute Gasteiger partial charge is 0.355 e. The Morgan fingerprint density at radius 1 is 1.32 bits per heavy atom. The maximum Gasteiger partial charge on any atom is 0.334 e. The number of nitrogens with one attached hydrogen (secondary N) is 1. The number of hydrogen-bond donors (Lipinski definition) is 2. The number of nitrogens with zero attached hydrogens (tertiary/aromatic N) is 3. The van der Waals surface area contributed by atoms with Gasteiger partial charge in [-0.3, -0.25) is 14.4 Å². The zero-order chi connectivity index (χ0) is 20.7.